The summed E-state index contributed by atoms with van der Waals surface area (Å²) in [6.07, 6.45) is 0.286. The number of likely N-dealkylation sites (tertiary alicyclic amines) is 1. The average molecular weight is 381 g/mol. The minimum atomic E-state index is -0.663. The lowest BCUT2D eigenvalue weighted by Gasteiger charge is -2.24. The molecule has 1 aliphatic rings. The van der Waals surface area contributed by atoms with Crippen LogP contribution in [0.3, 0.4) is 0 Å². The first kappa shape index (κ1) is 19.6. The molecule has 1 fully saturated rings. The van der Waals surface area contributed by atoms with E-state index in [-0.39, 0.29) is 18.3 Å². The van der Waals surface area contributed by atoms with Gasteiger partial charge < -0.3 is 15.4 Å². The number of rotatable bonds is 5. The van der Waals surface area contributed by atoms with Gasteiger partial charge in [0.05, 0.1) is 0 Å². The molecule has 2 unspecified atom stereocenters. The molecular formula is C19H22Cl2N2O2. The van der Waals surface area contributed by atoms with Crippen molar-refractivity contribution in [2.24, 2.45) is 11.7 Å². The number of amides is 1. The quantitative estimate of drug-likeness (QED) is 0.860. The first-order chi connectivity index (χ1) is 11.7. The van der Waals surface area contributed by atoms with Gasteiger partial charge in [0.25, 0.3) is 5.91 Å². The number of hydrogen-bond acceptors (Lipinski definition) is 3. The highest BCUT2D eigenvalue weighted by Crippen LogP contribution is 2.27. The Morgan fingerprint density at radius 2 is 1.88 bits per heavy atom. The van der Waals surface area contributed by atoms with Gasteiger partial charge in [-0.05, 0) is 43.1 Å². The Kier molecular flexibility index (Phi) is 7.12. The molecule has 1 amide bonds. The molecule has 1 saturated heterocycles. The molecule has 2 N–H and O–H groups in total. The van der Waals surface area contributed by atoms with Crippen molar-refractivity contribution in [1.29, 1.82) is 0 Å². The standard InChI is InChI=1S/C19H21ClN2O2.ClH/c20-16-6-8-17(9-7-16)24-18(15-4-2-1-3-5-15)19(23)22-11-10-14(12-21)13-22;/h1-9,14,18H,10-13,21H2;1H. The molecule has 0 saturated carbocycles. The molecule has 0 bridgehead atoms. The van der Waals surface area contributed by atoms with Crippen LogP contribution in [0.5, 0.6) is 5.75 Å². The molecule has 0 spiro atoms. The number of nitrogens with two attached hydrogens (primary N) is 1. The van der Waals surface area contributed by atoms with Crippen LogP contribution in [0.4, 0.5) is 0 Å². The molecule has 0 aliphatic carbocycles. The second-order valence-corrected chi connectivity index (χ2v) is 6.47. The number of carbonyl (C=O) groups is 1. The van der Waals surface area contributed by atoms with Gasteiger partial charge in [0.15, 0.2) is 0 Å². The highest BCUT2D eigenvalue weighted by Gasteiger charge is 2.32. The van der Waals surface area contributed by atoms with E-state index in [0.29, 0.717) is 29.8 Å². The van der Waals surface area contributed by atoms with Crippen LogP contribution < -0.4 is 10.5 Å². The molecule has 3 rings (SSSR count). The van der Waals surface area contributed by atoms with Gasteiger partial charge in [-0.15, -0.1) is 12.4 Å². The predicted octanol–water partition coefficient (Wildman–Crippen LogP) is 3.69. The lowest BCUT2D eigenvalue weighted by molar-refractivity contribution is -0.138. The number of benzene rings is 2. The second kappa shape index (κ2) is 9.09. The van der Waals surface area contributed by atoms with Crippen LogP contribution >= 0.6 is 24.0 Å². The number of nitrogens with zero attached hydrogens (tertiary/aromatic N) is 1. The first-order valence-electron chi connectivity index (χ1n) is 8.13. The summed E-state index contributed by atoms with van der Waals surface area (Å²) in [5, 5.41) is 0.635. The summed E-state index contributed by atoms with van der Waals surface area (Å²) >= 11 is 5.92. The third-order valence-corrected chi connectivity index (χ3v) is 4.58. The molecule has 1 heterocycles. The summed E-state index contributed by atoms with van der Waals surface area (Å²) in [6, 6.07) is 16.6. The summed E-state index contributed by atoms with van der Waals surface area (Å²) < 4.78 is 6.02. The summed E-state index contributed by atoms with van der Waals surface area (Å²) in [5.41, 5.74) is 6.58. The van der Waals surface area contributed by atoms with Crippen molar-refractivity contribution in [3.63, 3.8) is 0 Å². The molecule has 2 aromatic carbocycles. The van der Waals surface area contributed by atoms with Crippen LogP contribution in [-0.2, 0) is 4.79 Å². The van der Waals surface area contributed by atoms with Gasteiger partial charge in [0.2, 0.25) is 6.10 Å². The zero-order chi connectivity index (χ0) is 16.9. The number of carbonyl (C=O) groups excluding carboxylic acids is 1. The van der Waals surface area contributed by atoms with Gasteiger partial charge in [0, 0.05) is 23.7 Å². The van der Waals surface area contributed by atoms with Crippen LogP contribution in [0.15, 0.2) is 54.6 Å². The van der Waals surface area contributed by atoms with E-state index < -0.39 is 6.10 Å². The lowest BCUT2D eigenvalue weighted by atomic mass is 10.1. The van der Waals surface area contributed by atoms with Crippen molar-refractivity contribution < 1.29 is 9.53 Å². The van der Waals surface area contributed by atoms with E-state index in [1.807, 2.05) is 35.2 Å². The Morgan fingerprint density at radius 3 is 2.48 bits per heavy atom. The lowest BCUT2D eigenvalue weighted by Crippen LogP contribution is -2.36. The van der Waals surface area contributed by atoms with E-state index in [4.69, 9.17) is 22.1 Å². The molecule has 1 aliphatic heterocycles. The van der Waals surface area contributed by atoms with Crippen LogP contribution in [0, 0.1) is 5.92 Å². The highest BCUT2D eigenvalue weighted by molar-refractivity contribution is 6.30. The normalized spacial score (nSPS) is 17.7. The summed E-state index contributed by atoms with van der Waals surface area (Å²) in [5.74, 6) is 0.976. The molecule has 25 heavy (non-hydrogen) atoms. The third-order valence-electron chi connectivity index (χ3n) is 4.33. The van der Waals surface area contributed by atoms with E-state index in [1.54, 1.807) is 24.3 Å². The first-order valence-corrected chi connectivity index (χ1v) is 8.51. The van der Waals surface area contributed by atoms with Crippen molar-refractivity contribution in [1.82, 2.24) is 4.90 Å². The zero-order valence-corrected chi connectivity index (χ0v) is 15.4. The monoisotopic (exact) mass is 380 g/mol. The Balaban J connectivity index is 0.00000225. The minimum Gasteiger partial charge on any atom is -0.476 e. The summed E-state index contributed by atoms with van der Waals surface area (Å²) in [4.78, 5) is 14.9. The molecule has 6 heteroatoms. The van der Waals surface area contributed by atoms with Gasteiger partial charge in [-0.25, -0.2) is 0 Å². The third kappa shape index (κ3) is 4.88. The summed E-state index contributed by atoms with van der Waals surface area (Å²) in [7, 11) is 0. The van der Waals surface area contributed by atoms with Gasteiger partial charge in [-0.3, -0.25) is 4.79 Å². The van der Waals surface area contributed by atoms with Gasteiger partial charge in [-0.2, -0.15) is 0 Å². The Bertz CT molecular complexity index is 680. The topological polar surface area (TPSA) is 55.6 Å². The van der Waals surface area contributed by atoms with Gasteiger partial charge in [0.1, 0.15) is 5.75 Å². The molecule has 0 aromatic heterocycles. The fourth-order valence-electron chi connectivity index (χ4n) is 2.93. The van der Waals surface area contributed by atoms with Crippen LogP contribution in [0.2, 0.25) is 5.02 Å². The van der Waals surface area contributed by atoms with E-state index in [9.17, 15) is 4.79 Å². The average Bonchev–Trinajstić information content (AvgIpc) is 3.11. The van der Waals surface area contributed by atoms with Gasteiger partial charge in [-0.1, -0.05) is 41.9 Å². The maximum atomic E-state index is 13.0. The van der Waals surface area contributed by atoms with Crippen molar-refractivity contribution in [3.05, 3.63) is 65.2 Å². The fourth-order valence-corrected chi connectivity index (χ4v) is 3.06. The Hall–Kier alpha value is -1.75. The van der Waals surface area contributed by atoms with E-state index in [2.05, 4.69) is 0 Å². The summed E-state index contributed by atoms with van der Waals surface area (Å²) in [6.45, 7) is 2.04. The molecule has 2 atom stereocenters. The molecule has 0 radical (unpaired) electrons. The van der Waals surface area contributed by atoms with Crippen molar-refractivity contribution in [2.75, 3.05) is 19.6 Å². The zero-order valence-electron chi connectivity index (χ0n) is 13.8. The second-order valence-electron chi connectivity index (χ2n) is 6.04. The van der Waals surface area contributed by atoms with E-state index >= 15 is 0 Å². The van der Waals surface area contributed by atoms with Crippen molar-refractivity contribution in [2.45, 2.75) is 12.5 Å². The van der Waals surface area contributed by atoms with Crippen LogP contribution in [-0.4, -0.2) is 30.4 Å². The van der Waals surface area contributed by atoms with Crippen molar-refractivity contribution >= 4 is 29.9 Å². The van der Waals surface area contributed by atoms with Gasteiger partial charge >= 0.3 is 0 Å². The molecule has 4 nitrogen and oxygen atoms in total. The molecule has 134 valence electrons. The largest absolute Gasteiger partial charge is 0.476 e. The van der Waals surface area contributed by atoms with Crippen LogP contribution in [0.1, 0.15) is 18.1 Å². The predicted molar refractivity (Wildman–Crippen MR) is 102 cm³/mol. The fraction of sp³-hybridized carbons (Fsp3) is 0.316. The molecular weight excluding hydrogens is 359 g/mol. The molecule has 2 aromatic rings. The smallest absolute Gasteiger partial charge is 0.268 e. The SMILES string of the molecule is Cl.NCC1CCN(C(=O)C(Oc2ccc(Cl)cc2)c2ccccc2)C1. The Morgan fingerprint density at radius 1 is 1.20 bits per heavy atom. The number of ether oxygens (including phenoxy) is 1. The maximum Gasteiger partial charge on any atom is 0.268 e. The number of hydrogen-bond donors (Lipinski definition) is 1. The minimum absolute atomic E-state index is 0. The van der Waals surface area contributed by atoms with Crippen molar-refractivity contribution in [3.8, 4) is 5.75 Å². The number of halogens is 2. The van der Waals surface area contributed by atoms with E-state index in [1.165, 1.54) is 0 Å². The Labute approximate surface area is 159 Å². The maximum absolute atomic E-state index is 13.0. The highest BCUT2D eigenvalue weighted by atomic mass is 35.5. The van der Waals surface area contributed by atoms with E-state index in [0.717, 1.165) is 18.5 Å². The van der Waals surface area contributed by atoms with Crippen LogP contribution in [0.25, 0.3) is 0 Å².